The molecule has 0 bridgehead atoms. The Balaban J connectivity index is 0.00000341. The highest BCUT2D eigenvalue weighted by molar-refractivity contribution is 6.00. The summed E-state index contributed by atoms with van der Waals surface area (Å²) in [6.07, 6.45) is 4.23. The molecular weight excluding hydrogens is 414 g/mol. The first-order valence-corrected chi connectivity index (χ1v) is 9.71. The lowest BCUT2D eigenvalue weighted by Gasteiger charge is -2.40. The quantitative estimate of drug-likeness (QED) is 0.547. The van der Waals surface area contributed by atoms with E-state index in [1.165, 1.54) is 11.1 Å². The SMILES string of the molecule is CC1=CC=C(C(=O)N(C)C)C(O)(C=NOC(c2ccccc2)c2ccccc2)N1C.Cl. The molecule has 2 aromatic carbocycles. The van der Waals surface area contributed by atoms with Gasteiger partial charge in [0, 0.05) is 26.8 Å². The Labute approximate surface area is 189 Å². The van der Waals surface area contributed by atoms with E-state index in [1.807, 2.05) is 67.6 Å². The molecule has 1 unspecified atom stereocenters. The lowest BCUT2D eigenvalue weighted by Crippen LogP contribution is -2.53. The number of aliphatic hydroxyl groups is 1. The predicted octanol–water partition coefficient (Wildman–Crippen LogP) is 3.75. The van der Waals surface area contributed by atoms with Crippen molar-refractivity contribution in [1.82, 2.24) is 9.80 Å². The fraction of sp³-hybridized carbons (Fsp3) is 0.250. The molecule has 0 spiro atoms. The summed E-state index contributed by atoms with van der Waals surface area (Å²) in [6, 6.07) is 19.5. The summed E-state index contributed by atoms with van der Waals surface area (Å²) >= 11 is 0. The zero-order chi connectivity index (χ0) is 21.7. The minimum Gasteiger partial charge on any atom is -0.383 e. The van der Waals surface area contributed by atoms with Crippen LogP contribution in [0.3, 0.4) is 0 Å². The van der Waals surface area contributed by atoms with Crippen LogP contribution in [0.2, 0.25) is 0 Å². The fourth-order valence-electron chi connectivity index (χ4n) is 3.25. The maximum absolute atomic E-state index is 12.6. The van der Waals surface area contributed by atoms with Gasteiger partial charge in [0.05, 0.1) is 5.57 Å². The fourth-order valence-corrected chi connectivity index (χ4v) is 3.25. The van der Waals surface area contributed by atoms with Crippen LogP contribution in [0.5, 0.6) is 0 Å². The van der Waals surface area contributed by atoms with Crippen molar-refractivity contribution in [2.75, 3.05) is 21.1 Å². The molecule has 1 heterocycles. The molecule has 1 atom stereocenters. The summed E-state index contributed by atoms with van der Waals surface area (Å²) in [7, 11) is 4.99. The second-order valence-corrected chi connectivity index (χ2v) is 7.41. The van der Waals surface area contributed by atoms with Crippen molar-refractivity contribution < 1.29 is 14.7 Å². The van der Waals surface area contributed by atoms with Crippen molar-refractivity contribution in [3.05, 3.63) is 95.2 Å². The van der Waals surface area contributed by atoms with Crippen LogP contribution in [0, 0.1) is 0 Å². The summed E-state index contributed by atoms with van der Waals surface area (Å²) in [5, 5.41) is 15.5. The third kappa shape index (κ3) is 5.16. The molecule has 0 radical (unpaired) electrons. The van der Waals surface area contributed by atoms with Crippen LogP contribution in [0.25, 0.3) is 0 Å². The zero-order valence-electron chi connectivity index (χ0n) is 18.1. The highest BCUT2D eigenvalue weighted by Crippen LogP contribution is 2.30. The molecular formula is C24H28ClN3O3. The normalized spacial score (nSPS) is 18.3. The van der Waals surface area contributed by atoms with Crippen molar-refractivity contribution in [2.45, 2.75) is 18.8 Å². The molecule has 0 aliphatic carbocycles. The van der Waals surface area contributed by atoms with Crippen molar-refractivity contribution in [3.8, 4) is 0 Å². The Morgan fingerprint density at radius 3 is 2.06 bits per heavy atom. The number of carbonyl (C=O) groups excluding carboxylic acids is 1. The summed E-state index contributed by atoms with van der Waals surface area (Å²) in [5.74, 6) is -0.304. The van der Waals surface area contributed by atoms with Crippen LogP contribution in [-0.4, -0.2) is 53.9 Å². The summed E-state index contributed by atoms with van der Waals surface area (Å²) in [6.45, 7) is 1.85. The Morgan fingerprint density at radius 1 is 1.06 bits per heavy atom. The molecule has 3 rings (SSSR count). The van der Waals surface area contributed by atoms with Crippen LogP contribution in [0.1, 0.15) is 24.2 Å². The van der Waals surface area contributed by atoms with E-state index in [4.69, 9.17) is 4.84 Å². The number of nitrogens with zero attached hydrogens (tertiary/aromatic N) is 3. The molecule has 1 aliphatic rings. The van der Waals surface area contributed by atoms with Gasteiger partial charge in [0.25, 0.3) is 5.91 Å². The highest BCUT2D eigenvalue weighted by atomic mass is 35.5. The maximum atomic E-state index is 12.6. The number of hydrogen-bond donors (Lipinski definition) is 1. The Hall–Kier alpha value is -3.09. The summed E-state index contributed by atoms with van der Waals surface area (Å²) < 4.78 is 0. The van der Waals surface area contributed by atoms with Gasteiger partial charge in [-0.1, -0.05) is 65.8 Å². The minimum atomic E-state index is -1.72. The lowest BCUT2D eigenvalue weighted by atomic mass is 9.96. The molecule has 1 aliphatic heterocycles. The molecule has 1 N–H and O–H groups in total. The number of allylic oxidation sites excluding steroid dienone is 3. The van der Waals surface area contributed by atoms with Crippen molar-refractivity contribution >= 4 is 24.5 Å². The van der Waals surface area contributed by atoms with Gasteiger partial charge >= 0.3 is 0 Å². The lowest BCUT2D eigenvalue weighted by molar-refractivity contribution is -0.128. The summed E-state index contributed by atoms with van der Waals surface area (Å²) in [5.41, 5.74) is 1.13. The van der Waals surface area contributed by atoms with E-state index >= 15 is 0 Å². The third-order valence-corrected chi connectivity index (χ3v) is 5.17. The maximum Gasteiger partial charge on any atom is 0.254 e. The van der Waals surface area contributed by atoms with E-state index in [9.17, 15) is 9.90 Å². The third-order valence-electron chi connectivity index (χ3n) is 5.17. The van der Waals surface area contributed by atoms with Gasteiger partial charge in [0.15, 0.2) is 6.10 Å². The van der Waals surface area contributed by atoms with Crippen molar-refractivity contribution in [1.29, 1.82) is 0 Å². The molecule has 0 aromatic heterocycles. The predicted molar refractivity (Wildman–Crippen MR) is 125 cm³/mol. The molecule has 1 amide bonds. The largest absolute Gasteiger partial charge is 0.383 e. The molecule has 0 fully saturated rings. The number of oxime groups is 1. The molecule has 164 valence electrons. The second-order valence-electron chi connectivity index (χ2n) is 7.41. The summed E-state index contributed by atoms with van der Waals surface area (Å²) in [4.78, 5) is 21.5. The Morgan fingerprint density at radius 2 is 1.58 bits per heavy atom. The van der Waals surface area contributed by atoms with Gasteiger partial charge in [0.1, 0.15) is 6.21 Å². The van der Waals surface area contributed by atoms with Crippen LogP contribution < -0.4 is 0 Å². The molecule has 2 aromatic rings. The average Bonchev–Trinajstić information content (AvgIpc) is 2.76. The smallest absolute Gasteiger partial charge is 0.254 e. The number of hydrogen-bond acceptors (Lipinski definition) is 5. The zero-order valence-corrected chi connectivity index (χ0v) is 18.9. The van der Waals surface area contributed by atoms with Gasteiger partial charge in [0.2, 0.25) is 5.72 Å². The number of likely N-dealkylation sites (N-methyl/N-ethyl adjacent to an activating group) is 2. The molecule has 0 saturated carbocycles. The average molecular weight is 442 g/mol. The first kappa shape index (κ1) is 24.2. The van der Waals surface area contributed by atoms with E-state index in [0.29, 0.717) is 0 Å². The number of rotatable bonds is 6. The van der Waals surface area contributed by atoms with Crippen molar-refractivity contribution in [3.63, 3.8) is 0 Å². The number of amides is 1. The first-order chi connectivity index (χ1) is 14.3. The van der Waals surface area contributed by atoms with E-state index in [-0.39, 0.29) is 23.9 Å². The van der Waals surface area contributed by atoms with E-state index in [2.05, 4.69) is 5.16 Å². The van der Waals surface area contributed by atoms with E-state index < -0.39 is 11.8 Å². The molecule has 6 nitrogen and oxygen atoms in total. The standard InChI is InChI=1S/C24H27N3O3.ClH/c1-18-15-16-21(23(28)26(2)3)24(29,27(18)4)17-25-30-22(19-11-7-5-8-12-19)20-13-9-6-10-14-20;/h5-17,22,29H,1-4H3;1H. The number of carbonyl (C=O) groups is 1. The number of halogens is 1. The monoisotopic (exact) mass is 441 g/mol. The van der Waals surface area contributed by atoms with Gasteiger partial charge in [-0.15, -0.1) is 12.4 Å². The van der Waals surface area contributed by atoms with E-state index in [0.717, 1.165) is 16.8 Å². The number of benzene rings is 2. The van der Waals surface area contributed by atoms with Gasteiger partial charge in [-0.2, -0.15) is 0 Å². The first-order valence-electron chi connectivity index (χ1n) is 9.71. The molecule has 0 saturated heterocycles. The van der Waals surface area contributed by atoms with Gasteiger partial charge < -0.3 is 19.7 Å². The van der Waals surface area contributed by atoms with Crippen LogP contribution in [-0.2, 0) is 9.63 Å². The van der Waals surface area contributed by atoms with Crippen LogP contribution in [0.15, 0.2) is 89.2 Å². The topological polar surface area (TPSA) is 65.4 Å². The van der Waals surface area contributed by atoms with Crippen LogP contribution >= 0.6 is 12.4 Å². The van der Waals surface area contributed by atoms with Gasteiger partial charge in [-0.3, -0.25) is 4.79 Å². The van der Waals surface area contributed by atoms with Gasteiger partial charge in [-0.05, 0) is 30.2 Å². The molecule has 7 heteroatoms. The van der Waals surface area contributed by atoms with Crippen LogP contribution in [0.4, 0.5) is 0 Å². The second kappa shape index (κ2) is 10.3. The minimum absolute atomic E-state index is 0. The molecule has 31 heavy (non-hydrogen) atoms. The van der Waals surface area contributed by atoms with Crippen molar-refractivity contribution in [2.24, 2.45) is 5.16 Å². The Bertz CT molecular complexity index is 935. The van der Waals surface area contributed by atoms with E-state index in [1.54, 1.807) is 38.2 Å². The highest BCUT2D eigenvalue weighted by Gasteiger charge is 2.41. The van der Waals surface area contributed by atoms with Gasteiger partial charge in [-0.25, -0.2) is 0 Å². The Kier molecular flexibility index (Phi) is 8.02.